The van der Waals surface area contributed by atoms with E-state index >= 15 is 0 Å². The van der Waals surface area contributed by atoms with Crippen LogP contribution in [0.2, 0.25) is 0 Å². The Morgan fingerprint density at radius 2 is 2.00 bits per heavy atom. The molecule has 0 aliphatic rings. The van der Waals surface area contributed by atoms with Crippen molar-refractivity contribution in [1.29, 1.82) is 0 Å². The second kappa shape index (κ2) is 6.32. The van der Waals surface area contributed by atoms with Crippen molar-refractivity contribution in [1.82, 2.24) is 0 Å². The summed E-state index contributed by atoms with van der Waals surface area (Å²) in [5.74, 6) is -0.357. The quantitative estimate of drug-likeness (QED) is 0.668. The maximum absolute atomic E-state index is 13.3. The van der Waals surface area contributed by atoms with Gasteiger partial charge in [0, 0.05) is 23.7 Å². The minimum atomic E-state index is -0.614. The molecule has 0 heterocycles. The molecular weight excluding hydrogens is 275 g/mol. The van der Waals surface area contributed by atoms with Crippen molar-refractivity contribution in [2.45, 2.75) is 19.4 Å². The average molecular weight is 290 g/mol. The van der Waals surface area contributed by atoms with Crippen LogP contribution in [0.5, 0.6) is 11.5 Å². The van der Waals surface area contributed by atoms with Crippen LogP contribution >= 0.6 is 0 Å². The van der Waals surface area contributed by atoms with Crippen molar-refractivity contribution >= 4 is 5.69 Å². The molecule has 0 radical (unpaired) electrons. The van der Waals surface area contributed by atoms with E-state index < -0.39 is 10.7 Å². The number of benzene rings is 2. The van der Waals surface area contributed by atoms with Gasteiger partial charge in [-0.3, -0.25) is 10.1 Å². The number of hydrogen-bond acceptors (Lipinski definition) is 4. The third-order valence-corrected chi connectivity index (χ3v) is 3.10. The second-order valence-electron chi connectivity index (χ2n) is 4.52. The highest BCUT2D eigenvalue weighted by atomic mass is 19.1. The largest absolute Gasteiger partial charge is 0.450 e. The molecule has 110 valence electrons. The second-order valence-corrected chi connectivity index (χ2v) is 4.52. The fourth-order valence-corrected chi connectivity index (χ4v) is 1.94. The molecule has 21 heavy (non-hydrogen) atoms. The van der Waals surface area contributed by atoms with Crippen molar-refractivity contribution in [3.05, 3.63) is 64.0 Å². The van der Waals surface area contributed by atoms with Crippen LogP contribution in [0.25, 0.3) is 0 Å². The third-order valence-electron chi connectivity index (χ3n) is 3.10. The van der Waals surface area contributed by atoms with E-state index in [1.54, 1.807) is 24.3 Å². The lowest BCUT2D eigenvalue weighted by molar-refractivity contribution is -0.385. The molecule has 0 amide bonds. The maximum Gasteiger partial charge on any atom is 0.311 e. The summed E-state index contributed by atoms with van der Waals surface area (Å²) in [6.45, 7) is 1.92. The highest BCUT2D eigenvalue weighted by Gasteiger charge is 2.19. The minimum Gasteiger partial charge on any atom is -0.450 e. The van der Waals surface area contributed by atoms with Crippen molar-refractivity contribution in [3.63, 3.8) is 0 Å². The Labute approximate surface area is 121 Å². The van der Waals surface area contributed by atoms with E-state index in [4.69, 9.17) is 10.5 Å². The van der Waals surface area contributed by atoms with Crippen molar-refractivity contribution in [3.8, 4) is 11.5 Å². The zero-order valence-corrected chi connectivity index (χ0v) is 11.5. The Morgan fingerprint density at radius 1 is 1.29 bits per heavy atom. The molecule has 1 atom stereocenters. The molecule has 6 heteroatoms. The van der Waals surface area contributed by atoms with Gasteiger partial charge in [0.1, 0.15) is 11.6 Å². The number of nitrogens with zero attached hydrogens (tertiary/aromatic N) is 1. The smallest absolute Gasteiger partial charge is 0.311 e. The molecule has 2 N–H and O–H groups in total. The van der Waals surface area contributed by atoms with Crippen LogP contribution in [0.15, 0.2) is 42.5 Å². The highest BCUT2D eigenvalue weighted by Crippen LogP contribution is 2.35. The normalized spacial score (nSPS) is 12.0. The molecule has 2 aromatic carbocycles. The lowest BCUT2D eigenvalue weighted by atomic mass is 10.0. The zero-order valence-electron chi connectivity index (χ0n) is 11.5. The maximum atomic E-state index is 13.3. The van der Waals surface area contributed by atoms with Gasteiger partial charge >= 0.3 is 5.69 Å². The number of rotatable bonds is 5. The summed E-state index contributed by atoms with van der Waals surface area (Å²) < 4.78 is 18.9. The predicted octanol–water partition coefficient (Wildman–Crippen LogP) is 3.94. The first-order valence-corrected chi connectivity index (χ1v) is 6.49. The van der Waals surface area contributed by atoms with Crippen molar-refractivity contribution < 1.29 is 14.1 Å². The van der Waals surface area contributed by atoms with Crippen LogP contribution in [0.1, 0.15) is 24.9 Å². The molecule has 2 aromatic rings. The molecule has 0 saturated heterocycles. The number of para-hydroxylation sites is 1. The summed E-state index contributed by atoms with van der Waals surface area (Å²) in [6, 6.07) is 9.81. The van der Waals surface area contributed by atoms with E-state index in [-0.39, 0.29) is 17.5 Å². The molecule has 0 unspecified atom stereocenters. The van der Waals surface area contributed by atoms with Gasteiger partial charge in [-0.1, -0.05) is 25.1 Å². The van der Waals surface area contributed by atoms with Crippen LogP contribution in [-0.4, -0.2) is 4.92 Å². The van der Waals surface area contributed by atoms with Gasteiger partial charge < -0.3 is 10.5 Å². The Balaban J connectivity index is 2.43. The monoisotopic (exact) mass is 290 g/mol. The lowest BCUT2D eigenvalue weighted by Crippen LogP contribution is -2.10. The van der Waals surface area contributed by atoms with Gasteiger partial charge in [0.15, 0.2) is 0 Å². The van der Waals surface area contributed by atoms with E-state index in [2.05, 4.69) is 0 Å². The first-order chi connectivity index (χ1) is 10.0. The van der Waals surface area contributed by atoms with Crippen LogP contribution < -0.4 is 10.5 Å². The average Bonchev–Trinajstić information content (AvgIpc) is 2.47. The molecule has 0 fully saturated rings. The summed E-state index contributed by atoms with van der Waals surface area (Å²) in [5, 5.41) is 11.0. The number of hydrogen-bond donors (Lipinski definition) is 1. The van der Waals surface area contributed by atoms with Crippen molar-refractivity contribution in [2.75, 3.05) is 0 Å². The van der Waals surface area contributed by atoms with Gasteiger partial charge in [-0.15, -0.1) is 0 Å². The molecule has 0 aromatic heterocycles. The molecule has 0 aliphatic heterocycles. The number of nitro benzene ring substituents is 1. The van der Waals surface area contributed by atoms with Gasteiger partial charge in [0.05, 0.1) is 4.92 Å². The standard InChI is InChI=1S/C15H15FN2O3/c1-2-12(17)11-5-3-4-6-14(11)21-15-9-10(16)7-8-13(15)18(19)20/h3-9,12H,2,17H2,1H3/t12-/m1/s1. The van der Waals surface area contributed by atoms with Gasteiger partial charge in [-0.25, -0.2) is 4.39 Å². The fourth-order valence-electron chi connectivity index (χ4n) is 1.94. The van der Waals surface area contributed by atoms with Crippen LogP contribution in [0.3, 0.4) is 0 Å². The summed E-state index contributed by atoms with van der Waals surface area (Å²) in [4.78, 5) is 10.4. The van der Waals surface area contributed by atoms with Gasteiger partial charge in [0.2, 0.25) is 5.75 Å². The first-order valence-electron chi connectivity index (χ1n) is 6.49. The van der Waals surface area contributed by atoms with Gasteiger partial charge in [-0.05, 0) is 18.6 Å². The van der Waals surface area contributed by atoms with E-state index in [1.807, 2.05) is 6.92 Å². The van der Waals surface area contributed by atoms with Crippen LogP contribution in [0.4, 0.5) is 10.1 Å². The molecular formula is C15H15FN2O3. The Bertz CT molecular complexity index is 661. The van der Waals surface area contributed by atoms with Gasteiger partial charge in [-0.2, -0.15) is 0 Å². The lowest BCUT2D eigenvalue weighted by Gasteiger charge is -2.15. The first kappa shape index (κ1) is 14.9. The Morgan fingerprint density at radius 3 is 2.67 bits per heavy atom. The predicted molar refractivity (Wildman–Crippen MR) is 76.8 cm³/mol. The molecule has 0 bridgehead atoms. The zero-order chi connectivity index (χ0) is 15.4. The number of halogens is 1. The molecule has 2 rings (SSSR count). The summed E-state index contributed by atoms with van der Waals surface area (Å²) in [5.41, 5.74) is 6.41. The Hall–Kier alpha value is -2.47. The van der Waals surface area contributed by atoms with Gasteiger partial charge in [0.25, 0.3) is 0 Å². The van der Waals surface area contributed by atoms with Crippen molar-refractivity contribution in [2.24, 2.45) is 5.73 Å². The Kier molecular flexibility index (Phi) is 4.49. The fraction of sp³-hybridized carbons (Fsp3) is 0.200. The topological polar surface area (TPSA) is 78.4 Å². The summed E-state index contributed by atoms with van der Waals surface area (Å²) in [6.07, 6.45) is 0.686. The molecule has 0 aliphatic carbocycles. The molecule has 0 saturated carbocycles. The minimum absolute atomic E-state index is 0.143. The van der Waals surface area contributed by atoms with Crippen LogP contribution in [0, 0.1) is 15.9 Å². The number of nitro groups is 1. The molecule has 0 spiro atoms. The van der Waals surface area contributed by atoms with E-state index in [9.17, 15) is 14.5 Å². The number of ether oxygens (including phenoxy) is 1. The molecule has 5 nitrogen and oxygen atoms in total. The van der Waals surface area contributed by atoms with E-state index in [1.165, 1.54) is 0 Å². The SMILES string of the molecule is CC[C@@H](N)c1ccccc1Oc1cc(F)ccc1[N+](=O)[O-]. The highest BCUT2D eigenvalue weighted by molar-refractivity contribution is 5.50. The van der Waals surface area contributed by atoms with Crippen LogP contribution in [-0.2, 0) is 0 Å². The third kappa shape index (κ3) is 3.35. The summed E-state index contributed by atoms with van der Waals surface area (Å²) >= 11 is 0. The summed E-state index contributed by atoms with van der Waals surface area (Å²) in [7, 11) is 0. The van der Waals surface area contributed by atoms with E-state index in [0.717, 1.165) is 23.8 Å². The van der Waals surface area contributed by atoms with E-state index in [0.29, 0.717) is 12.2 Å². The number of nitrogens with two attached hydrogens (primary N) is 1.